The van der Waals surface area contributed by atoms with Crippen molar-refractivity contribution in [1.82, 2.24) is 20.0 Å². The molecule has 2 aromatic carbocycles. The summed E-state index contributed by atoms with van der Waals surface area (Å²) in [4.78, 5) is 17.2. The zero-order valence-corrected chi connectivity index (χ0v) is 19.8. The molecule has 1 aromatic heterocycles. The maximum Gasteiger partial charge on any atom is 0.224 e. The Morgan fingerprint density at radius 3 is 2.30 bits per heavy atom. The first kappa shape index (κ1) is 23.3. The summed E-state index contributed by atoms with van der Waals surface area (Å²) in [5, 5.41) is 8.34. The number of benzene rings is 2. The number of anilines is 1. The van der Waals surface area contributed by atoms with Crippen LogP contribution in [0.4, 0.5) is 10.1 Å². The lowest BCUT2D eigenvalue weighted by Crippen LogP contribution is -2.48. The molecule has 8 heteroatoms. The maximum absolute atomic E-state index is 13.1. The summed E-state index contributed by atoms with van der Waals surface area (Å²) < 4.78 is 15.0. The lowest BCUT2D eigenvalue weighted by atomic mass is 10.1. The molecule has 0 spiro atoms. The first-order valence-corrected chi connectivity index (χ1v) is 11.6. The van der Waals surface area contributed by atoms with Gasteiger partial charge in [-0.3, -0.25) is 9.69 Å². The van der Waals surface area contributed by atoms with Gasteiger partial charge in [-0.2, -0.15) is 5.10 Å². The molecule has 1 aliphatic rings. The van der Waals surface area contributed by atoms with Crippen LogP contribution in [0.5, 0.6) is 0 Å². The number of piperazine rings is 1. The predicted octanol–water partition coefficient (Wildman–Crippen LogP) is 3.76. The van der Waals surface area contributed by atoms with Crippen molar-refractivity contribution in [2.24, 2.45) is 0 Å². The number of nitrogens with zero attached hydrogens (tertiary/aromatic N) is 4. The maximum atomic E-state index is 13.1. The van der Waals surface area contributed by atoms with Crippen molar-refractivity contribution in [3.63, 3.8) is 0 Å². The van der Waals surface area contributed by atoms with Gasteiger partial charge in [-0.05, 0) is 62.4 Å². The number of halogens is 2. The minimum Gasteiger partial charge on any atom is -0.369 e. The Kier molecular flexibility index (Phi) is 7.30. The molecule has 1 saturated heterocycles. The first-order valence-electron chi connectivity index (χ1n) is 11.2. The Balaban J connectivity index is 1.24. The van der Waals surface area contributed by atoms with Crippen LogP contribution in [0.25, 0.3) is 5.69 Å². The van der Waals surface area contributed by atoms with E-state index in [0.717, 1.165) is 61.0 Å². The smallest absolute Gasteiger partial charge is 0.224 e. The van der Waals surface area contributed by atoms with Gasteiger partial charge in [-0.25, -0.2) is 9.07 Å². The Labute approximate surface area is 198 Å². The second-order valence-corrected chi connectivity index (χ2v) is 8.81. The van der Waals surface area contributed by atoms with Gasteiger partial charge in [0.2, 0.25) is 5.91 Å². The van der Waals surface area contributed by atoms with Gasteiger partial charge < -0.3 is 10.2 Å². The van der Waals surface area contributed by atoms with Gasteiger partial charge in [0.1, 0.15) is 5.82 Å². The highest BCUT2D eigenvalue weighted by atomic mass is 35.5. The Bertz CT molecular complexity index is 1090. The monoisotopic (exact) mass is 469 g/mol. The van der Waals surface area contributed by atoms with Crippen LogP contribution in [0.1, 0.15) is 17.0 Å². The number of aryl methyl sites for hydroxylation is 1. The van der Waals surface area contributed by atoms with Crippen molar-refractivity contribution in [3.8, 4) is 5.69 Å². The third-order valence-corrected chi connectivity index (χ3v) is 6.42. The Morgan fingerprint density at radius 1 is 1.00 bits per heavy atom. The molecule has 174 valence electrons. The van der Waals surface area contributed by atoms with Gasteiger partial charge >= 0.3 is 0 Å². The van der Waals surface area contributed by atoms with Crippen LogP contribution in [0.15, 0.2) is 48.5 Å². The number of aromatic nitrogens is 2. The normalized spacial score (nSPS) is 14.5. The molecule has 33 heavy (non-hydrogen) atoms. The highest BCUT2D eigenvalue weighted by Crippen LogP contribution is 2.20. The minimum atomic E-state index is -0.212. The molecule has 4 rings (SSSR count). The van der Waals surface area contributed by atoms with E-state index in [4.69, 9.17) is 11.6 Å². The van der Waals surface area contributed by atoms with E-state index in [0.29, 0.717) is 18.0 Å². The van der Waals surface area contributed by atoms with E-state index in [1.165, 1.54) is 12.1 Å². The van der Waals surface area contributed by atoms with Crippen LogP contribution < -0.4 is 10.2 Å². The largest absolute Gasteiger partial charge is 0.369 e. The summed E-state index contributed by atoms with van der Waals surface area (Å²) in [5.41, 5.74) is 4.74. The number of carbonyl (C=O) groups is 1. The molecular formula is C25H29ClFN5O. The fraction of sp³-hybridized carbons (Fsp3) is 0.360. The van der Waals surface area contributed by atoms with Crippen LogP contribution in [-0.4, -0.2) is 59.9 Å². The van der Waals surface area contributed by atoms with Crippen LogP contribution in [0.2, 0.25) is 5.02 Å². The summed E-state index contributed by atoms with van der Waals surface area (Å²) in [5.74, 6) is -0.211. The molecule has 0 bridgehead atoms. The molecule has 1 N–H and O–H groups in total. The minimum absolute atomic E-state index is 0.00167. The average molecular weight is 470 g/mol. The van der Waals surface area contributed by atoms with Gasteiger partial charge in [-0.1, -0.05) is 11.6 Å². The van der Waals surface area contributed by atoms with Crippen molar-refractivity contribution in [2.75, 3.05) is 44.2 Å². The van der Waals surface area contributed by atoms with Crippen LogP contribution in [0.3, 0.4) is 0 Å². The number of hydrogen-bond donors (Lipinski definition) is 1. The second-order valence-electron chi connectivity index (χ2n) is 8.37. The van der Waals surface area contributed by atoms with Gasteiger partial charge in [0.15, 0.2) is 0 Å². The second kappa shape index (κ2) is 10.4. The lowest BCUT2D eigenvalue weighted by molar-refractivity contribution is -0.120. The molecule has 6 nitrogen and oxygen atoms in total. The summed E-state index contributed by atoms with van der Waals surface area (Å²) in [7, 11) is 0. The molecule has 0 saturated carbocycles. The summed E-state index contributed by atoms with van der Waals surface area (Å²) >= 11 is 5.99. The number of amides is 1. The molecule has 0 aliphatic carbocycles. The fourth-order valence-electron chi connectivity index (χ4n) is 4.22. The van der Waals surface area contributed by atoms with Crippen LogP contribution >= 0.6 is 11.6 Å². The standard InChI is InChI=1S/C25H29ClFN5O/c1-18-24(19(2)32(29-18)23-7-3-20(26)4-8-23)17-25(33)28-11-12-30-13-15-31(16-14-30)22-9-5-21(27)6-10-22/h3-10H,11-17H2,1-2H3,(H,28,33). The lowest BCUT2D eigenvalue weighted by Gasteiger charge is -2.36. The quantitative estimate of drug-likeness (QED) is 0.572. The predicted molar refractivity (Wildman–Crippen MR) is 130 cm³/mol. The van der Waals surface area contributed by atoms with Gasteiger partial charge in [0, 0.05) is 61.2 Å². The highest BCUT2D eigenvalue weighted by molar-refractivity contribution is 6.30. The molecule has 2 heterocycles. The van der Waals surface area contributed by atoms with E-state index < -0.39 is 0 Å². The highest BCUT2D eigenvalue weighted by Gasteiger charge is 2.18. The number of nitrogens with one attached hydrogen (secondary N) is 1. The third-order valence-electron chi connectivity index (χ3n) is 6.16. The zero-order valence-electron chi connectivity index (χ0n) is 19.0. The van der Waals surface area contributed by atoms with Crippen molar-refractivity contribution >= 4 is 23.2 Å². The molecular weight excluding hydrogens is 441 g/mol. The molecule has 0 radical (unpaired) electrons. The Hall–Kier alpha value is -2.90. The molecule has 1 amide bonds. The Morgan fingerprint density at radius 2 is 1.64 bits per heavy atom. The molecule has 1 aliphatic heterocycles. The molecule has 1 fully saturated rings. The van der Waals surface area contributed by atoms with Gasteiger partial charge in [0.25, 0.3) is 0 Å². The number of carbonyl (C=O) groups excluding carboxylic acids is 1. The third kappa shape index (κ3) is 5.72. The van der Waals surface area contributed by atoms with E-state index in [1.54, 1.807) is 0 Å². The van der Waals surface area contributed by atoms with E-state index in [2.05, 4.69) is 20.2 Å². The molecule has 3 aromatic rings. The summed E-state index contributed by atoms with van der Waals surface area (Å²) in [6.45, 7) is 8.95. The van der Waals surface area contributed by atoms with Crippen molar-refractivity contribution in [1.29, 1.82) is 0 Å². The first-order chi connectivity index (χ1) is 15.9. The van der Waals surface area contributed by atoms with E-state index in [-0.39, 0.29) is 11.7 Å². The number of rotatable bonds is 7. The molecule has 0 unspecified atom stereocenters. The summed E-state index contributed by atoms with van der Waals surface area (Å²) in [6, 6.07) is 14.1. The number of hydrogen-bond acceptors (Lipinski definition) is 4. The van der Waals surface area contributed by atoms with Gasteiger partial charge in [0.05, 0.1) is 17.8 Å². The average Bonchev–Trinajstić information content (AvgIpc) is 3.09. The van der Waals surface area contributed by atoms with E-state index >= 15 is 0 Å². The molecule has 0 atom stereocenters. The topological polar surface area (TPSA) is 53.4 Å². The van der Waals surface area contributed by atoms with Gasteiger partial charge in [-0.15, -0.1) is 0 Å². The fourth-order valence-corrected chi connectivity index (χ4v) is 4.35. The van der Waals surface area contributed by atoms with Crippen molar-refractivity contribution in [3.05, 3.63) is 76.3 Å². The van der Waals surface area contributed by atoms with Crippen LogP contribution in [0, 0.1) is 19.7 Å². The van der Waals surface area contributed by atoms with E-state index in [1.807, 2.05) is 54.9 Å². The summed E-state index contributed by atoms with van der Waals surface area (Å²) in [6.07, 6.45) is 0.309. The van der Waals surface area contributed by atoms with Crippen molar-refractivity contribution < 1.29 is 9.18 Å². The SMILES string of the molecule is Cc1nn(-c2ccc(Cl)cc2)c(C)c1CC(=O)NCCN1CCN(c2ccc(F)cc2)CC1. The van der Waals surface area contributed by atoms with Crippen LogP contribution in [-0.2, 0) is 11.2 Å². The van der Waals surface area contributed by atoms with Crippen molar-refractivity contribution in [2.45, 2.75) is 20.3 Å². The zero-order chi connectivity index (χ0) is 23.4. The van der Waals surface area contributed by atoms with E-state index in [9.17, 15) is 9.18 Å².